The van der Waals surface area contributed by atoms with Crippen LogP contribution in [0.4, 0.5) is 0 Å². The number of ether oxygens (including phenoxy) is 1. The second-order valence-electron chi connectivity index (χ2n) is 3.67. The third kappa shape index (κ3) is 5.26. The van der Waals surface area contributed by atoms with Gasteiger partial charge >= 0.3 is 0 Å². The fourth-order valence-corrected chi connectivity index (χ4v) is 1.04. The number of hydrogen-bond donors (Lipinski definition) is 1. The molecule has 15 heavy (non-hydrogen) atoms. The third-order valence-electron chi connectivity index (χ3n) is 2.11. The lowest BCUT2D eigenvalue weighted by molar-refractivity contribution is 0.259. The van der Waals surface area contributed by atoms with Gasteiger partial charge in [0, 0.05) is 11.1 Å². The van der Waals surface area contributed by atoms with Gasteiger partial charge in [0.05, 0.1) is 0 Å². The molecule has 86 valence electrons. The average molecular weight is 250 g/mol. The maximum absolute atomic E-state index is 5.84. The van der Waals surface area contributed by atoms with Crippen molar-refractivity contribution in [3.8, 4) is 5.75 Å². The van der Waals surface area contributed by atoms with Gasteiger partial charge in [-0.25, -0.2) is 0 Å². The molecular weight excluding hydrogens is 233 g/mol. The van der Waals surface area contributed by atoms with Gasteiger partial charge in [0.1, 0.15) is 12.4 Å². The molecule has 0 bridgehead atoms. The van der Waals surface area contributed by atoms with Gasteiger partial charge in [0.2, 0.25) is 0 Å². The second kappa shape index (κ2) is 6.94. The molecule has 0 spiro atoms. The van der Waals surface area contributed by atoms with Crippen LogP contribution in [0.15, 0.2) is 24.3 Å². The van der Waals surface area contributed by atoms with E-state index in [-0.39, 0.29) is 18.4 Å². The summed E-state index contributed by atoms with van der Waals surface area (Å²) in [6.07, 6.45) is 0. The zero-order chi connectivity index (χ0) is 10.6. The first-order valence-electron chi connectivity index (χ1n) is 4.73. The topological polar surface area (TPSA) is 35.2 Å². The van der Waals surface area contributed by atoms with E-state index in [0.29, 0.717) is 17.5 Å². The smallest absolute Gasteiger partial charge is 0.119 e. The molecule has 4 heteroatoms. The standard InChI is InChI=1S/C11H16ClNO.ClH/c1-8(2)11(13)7-14-10-5-3-9(12)4-6-10;/h3-6,8,11H,7,13H2,1-2H3;1H. The van der Waals surface area contributed by atoms with Gasteiger partial charge in [0.25, 0.3) is 0 Å². The Balaban J connectivity index is 0.00000196. The van der Waals surface area contributed by atoms with Gasteiger partial charge < -0.3 is 10.5 Å². The Morgan fingerprint density at radius 2 is 1.80 bits per heavy atom. The molecule has 1 atom stereocenters. The molecule has 1 aromatic carbocycles. The summed E-state index contributed by atoms with van der Waals surface area (Å²) in [6, 6.07) is 7.37. The van der Waals surface area contributed by atoms with E-state index in [4.69, 9.17) is 22.1 Å². The van der Waals surface area contributed by atoms with Crippen LogP contribution in [0.25, 0.3) is 0 Å². The van der Waals surface area contributed by atoms with Crippen molar-refractivity contribution in [3.63, 3.8) is 0 Å². The third-order valence-corrected chi connectivity index (χ3v) is 2.36. The van der Waals surface area contributed by atoms with Gasteiger partial charge in [-0.15, -0.1) is 12.4 Å². The Hall–Kier alpha value is -0.440. The van der Waals surface area contributed by atoms with E-state index in [1.54, 1.807) is 12.1 Å². The van der Waals surface area contributed by atoms with Crippen molar-refractivity contribution < 1.29 is 4.74 Å². The summed E-state index contributed by atoms with van der Waals surface area (Å²) in [7, 11) is 0. The largest absolute Gasteiger partial charge is 0.492 e. The van der Waals surface area contributed by atoms with Gasteiger partial charge in [0.15, 0.2) is 0 Å². The maximum Gasteiger partial charge on any atom is 0.119 e. The predicted molar refractivity (Wildman–Crippen MR) is 67.0 cm³/mol. The summed E-state index contributed by atoms with van der Waals surface area (Å²) >= 11 is 5.74. The molecular formula is C11H17Cl2NO. The van der Waals surface area contributed by atoms with E-state index >= 15 is 0 Å². The molecule has 1 aromatic rings. The van der Waals surface area contributed by atoms with Gasteiger partial charge in [-0.3, -0.25) is 0 Å². The van der Waals surface area contributed by atoms with Crippen molar-refractivity contribution in [3.05, 3.63) is 29.3 Å². The van der Waals surface area contributed by atoms with E-state index in [0.717, 1.165) is 5.75 Å². The van der Waals surface area contributed by atoms with E-state index in [1.165, 1.54) is 0 Å². The van der Waals surface area contributed by atoms with Crippen molar-refractivity contribution >= 4 is 24.0 Å². The van der Waals surface area contributed by atoms with Crippen LogP contribution in [0.5, 0.6) is 5.75 Å². The minimum Gasteiger partial charge on any atom is -0.492 e. The minimum absolute atomic E-state index is 0. The Bertz CT molecular complexity index is 274. The van der Waals surface area contributed by atoms with Crippen LogP contribution in [0.1, 0.15) is 13.8 Å². The summed E-state index contributed by atoms with van der Waals surface area (Å²) in [5.74, 6) is 1.24. The highest BCUT2D eigenvalue weighted by Crippen LogP contribution is 2.15. The molecule has 0 aromatic heterocycles. The number of hydrogen-bond acceptors (Lipinski definition) is 2. The molecule has 0 saturated heterocycles. The Labute approximate surface area is 102 Å². The SMILES string of the molecule is CC(C)C(N)COc1ccc(Cl)cc1.Cl. The zero-order valence-electron chi connectivity index (χ0n) is 8.94. The zero-order valence-corrected chi connectivity index (χ0v) is 10.5. The fourth-order valence-electron chi connectivity index (χ4n) is 0.916. The van der Waals surface area contributed by atoms with Gasteiger partial charge in [-0.2, -0.15) is 0 Å². The van der Waals surface area contributed by atoms with Crippen LogP contribution >= 0.6 is 24.0 Å². The van der Waals surface area contributed by atoms with Crippen LogP contribution in [0, 0.1) is 5.92 Å². The average Bonchev–Trinajstić information content (AvgIpc) is 2.16. The molecule has 0 heterocycles. The number of benzene rings is 1. The number of rotatable bonds is 4. The molecule has 0 radical (unpaired) electrons. The highest BCUT2D eigenvalue weighted by Gasteiger charge is 2.07. The number of nitrogens with two attached hydrogens (primary N) is 1. The summed E-state index contributed by atoms with van der Waals surface area (Å²) in [5.41, 5.74) is 5.84. The quantitative estimate of drug-likeness (QED) is 0.891. The van der Waals surface area contributed by atoms with E-state index in [9.17, 15) is 0 Å². The Morgan fingerprint density at radius 3 is 2.27 bits per heavy atom. The molecule has 0 amide bonds. The van der Waals surface area contributed by atoms with Crippen molar-refractivity contribution in [1.29, 1.82) is 0 Å². The van der Waals surface area contributed by atoms with Crippen LogP contribution in [-0.4, -0.2) is 12.6 Å². The predicted octanol–water partition coefficient (Wildman–Crippen LogP) is 3.12. The van der Waals surface area contributed by atoms with Crippen molar-refractivity contribution in [1.82, 2.24) is 0 Å². The van der Waals surface area contributed by atoms with Crippen LogP contribution < -0.4 is 10.5 Å². The lowest BCUT2D eigenvalue weighted by atomic mass is 10.1. The Morgan fingerprint density at radius 1 is 1.27 bits per heavy atom. The minimum atomic E-state index is 0. The molecule has 0 aliphatic rings. The van der Waals surface area contributed by atoms with Gasteiger partial charge in [-0.05, 0) is 30.2 Å². The highest BCUT2D eigenvalue weighted by atomic mass is 35.5. The molecule has 2 N–H and O–H groups in total. The molecule has 0 aliphatic carbocycles. The lowest BCUT2D eigenvalue weighted by Gasteiger charge is -2.16. The molecule has 0 saturated carbocycles. The van der Waals surface area contributed by atoms with Crippen molar-refractivity contribution in [2.45, 2.75) is 19.9 Å². The van der Waals surface area contributed by atoms with Crippen LogP contribution in [-0.2, 0) is 0 Å². The van der Waals surface area contributed by atoms with Gasteiger partial charge in [-0.1, -0.05) is 25.4 Å². The lowest BCUT2D eigenvalue weighted by Crippen LogP contribution is -2.32. The second-order valence-corrected chi connectivity index (χ2v) is 4.11. The molecule has 2 nitrogen and oxygen atoms in total. The van der Waals surface area contributed by atoms with E-state index in [2.05, 4.69) is 13.8 Å². The summed E-state index contributed by atoms with van der Waals surface area (Å²) in [6.45, 7) is 4.70. The molecule has 1 rings (SSSR count). The normalized spacial score (nSPS) is 12.1. The van der Waals surface area contributed by atoms with E-state index in [1.807, 2.05) is 12.1 Å². The summed E-state index contributed by atoms with van der Waals surface area (Å²) in [4.78, 5) is 0. The molecule has 1 unspecified atom stereocenters. The highest BCUT2D eigenvalue weighted by molar-refractivity contribution is 6.30. The summed E-state index contributed by atoms with van der Waals surface area (Å²) < 4.78 is 5.50. The fraction of sp³-hybridized carbons (Fsp3) is 0.455. The first-order valence-corrected chi connectivity index (χ1v) is 5.11. The van der Waals surface area contributed by atoms with Crippen LogP contribution in [0.2, 0.25) is 5.02 Å². The van der Waals surface area contributed by atoms with Crippen LogP contribution in [0.3, 0.4) is 0 Å². The van der Waals surface area contributed by atoms with Crippen molar-refractivity contribution in [2.75, 3.05) is 6.61 Å². The Kier molecular flexibility index (Phi) is 6.73. The summed E-state index contributed by atoms with van der Waals surface area (Å²) in [5, 5.41) is 0.713. The maximum atomic E-state index is 5.84. The van der Waals surface area contributed by atoms with Crippen molar-refractivity contribution in [2.24, 2.45) is 11.7 Å². The van der Waals surface area contributed by atoms with E-state index < -0.39 is 0 Å². The first-order chi connectivity index (χ1) is 6.59. The molecule has 0 fully saturated rings. The molecule has 0 aliphatic heterocycles. The number of halogens is 2. The first kappa shape index (κ1) is 14.6. The monoisotopic (exact) mass is 249 g/mol.